The van der Waals surface area contributed by atoms with Gasteiger partial charge in [-0.1, -0.05) is 6.92 Å². The van der Waals surface area contributed by atoms with Gasteiger partial charge in [0.05, 0.1) is 17.1 Å². The molecule has 1 aromatic heterocycles. The van der Waals surface area contributed by atoms with E-state index in [0.717, 1.165) is 36.8 Å². The van der Waals surface area contributed by atoms with Crippen molar-refractivity contribution < 1.29 is 14.6 Å². The van der Waals surface area contributed by atoms with Gasteiger partial charge in [0, 0.05) is 30.4 Å². The Balaban J connectivity index is 2.01. The van der Waals surface area contributed by atoms with Crippen molar-refractivity contribution in [1.82, 2.24) is 4.98 Å². The van der Waals surface area contributed by atoms with Crippen molar-refractivity contribution in [2.45, 2.75) is 38.0 Å². The van der Waals surface area contributed by atoms with Crippen LogP contribution in [0, 0.1) is 0 Å². The molecule has 1 aromatic rings. The molecule has 5 heteroatoms. The summed E-state index contributed by atoms with van der Waals surface area (Å²) in [4.78, 5) is 15.2. The minimum atomic E-state index is -0.764. The Labute approximate surface area is 105 Å². The van der Waals surface area contributed by atoms with E-state index in [1.54, 1.807) is 11.3 Å². The molecular weight excluding hydrogens is 238 g/mol. The number of hydrogen-bond donors (Lipinski definition) is 1. The molecule has 1 atom stereocenters. The van der Waals surface area contributed by atoms with Gasteiger partial charge in [-0.05, 0) is 12.8 Å². The summed E-state index contributed by atoms with van der Waals surface area (Å²) in [5.74, 6) is -0.266. The number of rotatable bonds is 4. The number of ether oxygens (including phenoxy) is 1. The van der Waals surface area contributed by atoms with Crippen LogP contribution in [0.15, 0.2) is 5.38 Å². The first-order valence-corrected chi connectivity index (χ1v) is 6.79. The van der Waals surface area contributed by atoms with E-state index < -0.39 is 5.97 Å². The summed E-state index contributed by atoms with van der Waals surface area (Å²) in [6.07, 6.45) is 2.20. The highest BCUT2D eigenvalue weighted by molar-refractivity contribution is 7.09. The summed E-state index contributed by atoms with van der Waals surface area (Å²) >= 11 is 1.58. The topological polar surface area (TPSA) is 59.4 Å². The van der Waals surface area contributed by atoms with E-state index in [-0.39, 0.29) is 12.3 Å². The summed E-state index contributed by atoms with van der Waals surface area (Å²) < 4.78 is 5.33. The number of aromatic nitrogens is 1. The molecular formula is C12H17NO3S. The molecule has 1 unspecified atom stereocenters. The lowest BCUT2D eigenvalue weighted by Crippen LogP contribution is -2.14. The van der Waals surface area contributed by atoms with Crippen LogP contribution in [0.5, 0.6) is 0 Å². The smallest absolute Gasteiger partial charge is 0.304 e. The SMILES string of the molecule is CC(CC(=O)O)c1nc(C2CCOCC2)cs1. The second-order valence-electron chi connectivity index (χ2n) is 4.50. The number of carboxylic acid groups (broad SMARTS) is 1. The molecule has 2 heterocycles. The van der Waals surface area contributed by atoms with Crippen LogP contribution in [-0.4, -0.2) is 29.3 Å². The van der Waals surface area contributed by atoms with Gasteiger partial charge in [-0.25, -0.2) is 4.98 Å². The second kappa shape index (κ2) is 5.60. The van der Waals surface area contributed by atoms with Gasteiger partial charge >= 0.3 is 5.97 Å². The van der Waals surface area contributed by atoms with Gasteiger partial charge < -0.3 is 9.84 Å². The van der Waals surface area contributed by atoms with E-state index in [2.05, 4.69) is 10.4 Å². The Morgan fingerprint density at radius 2 is 2.35 bits per heavy atom. The molecule has 94 valence electrons. The van der Waals surface area contributed by atoms with E-state index in [1.807, 2.05) is 6.92 Å². The lowest BCUT2D eigenvalue weighted by atomic mass is 9.97. The van der Waals surface area contributed by atoms with Crippen molar-refractivity contribution in [3.63, 3.8) is 0 Å². The third kappa shape index (κ3) is 3.26. The molecule has 0 amide bonds. The number of hydrogen-bond acceptors (Lipinski definition) is 4. The molecule has 0 aliphatic carbocycles. The van der Waals surface area contributed by atoms with Crippen molar-refractivity contribution in [3.8, 4) is 0 Å². The number of nitrogens with zero attached hydrogens (tertiary/aromatic N) is 1. The van der Waals surface area contributed by atoms with Gasteiger partial charge in [-0.15, -0.1) is 11.3 Å². The molecule has 2 rings (SSSR count). The lowest BCUT2D eigenvalue weighted by molar-refractivity contribution is -0.137. The average Bonchev–Trinajstić information content (AvgIpc) is 2.78. The molecule has 0 saturated carbocycles. The van der Waals surface area contributed by atoms with Crippen LogP contribution in [-0.2, 0) is 9.53 Å². The van der Waals surface area contributed by atoms with Gasteiger partial charge in [-0.3, -0.25) is 4.79 Å². The van der Waals surface area contributed by atoms with Gasteiger partial charge in [0.2, 0.25) is 0 Å². The molecule has 0 spiro atoms. The molecule has 0 radical (unpaired) electrons. The molecule has 1 N–H and O–H groups in total. The molecule has 1 aliphatic rings. The zero-order chi connectivity index (χ0) is 12.3. The summed E-state index contributed by atoms with van der Waals surface area (Å²) in [6, 6.07) is 0. The predicted molar refractivity (Wildman–Crippen MR) is 65.6 cm³/mol. The Kier molecular flexibility index (Phi) is 4.12. The fraction of sp³-hybridized carbons (Fsp3) is 0.667. The largest absolute Gasteiger partial charge is 0.481 e. The number of thiazole rings is 1. The fourth-order valence-electron chi connectivity index (χ4n) is 2.06. The summed E-state index contributed by atoms with van der Waals surface area (Å²) in [7, 11) is 0. The Morgan fingerprint density at radius 3 is 3.00 bits per heavy atom. The monoisotopic (exact) mass is 255 g/mol. The van der Waals surface area contributed by atoms with Crippen LogP contribution < -0.4 is 0 Å². The Morgan fingerprint density at radius 1 is 1.65 bits per heavy atom. The second-order valence-corrected chi connectivity index (χ2v) is 5.39. The quantitative estimate of drug-likeness (QED) is 0.898. The summed E-state index contributed by atoms with van der Waals surface area (Å²) in [6.45, 7) is 3.53. The Hall–Kier alpha value is -0.940. The van der Waals surface area contributed by atoms with E-state index in [1.165, 1.54) is 0 Å². The van der Waals surface area contributed by atoms with Crippen molar-refractivity contribution in [2.75, 3.05) is 13.2 Å². The molecule has 0 bridgehead atoms. The average molecular weight is 255 g/mol. The fourth-order valence-corrected chi connectivity index (χ4v) is 3.02. The van der Waals surface area contributed by atoms with E-state index >= 15 is 0 Å². The van der Waals surface area contributed by atoms with Crippen molar-refractivity contribution in [1.29, 1.82) is 0 Å². The van der Waals surface area contributed by atoms with Gasteiger partial charge in [0.15, 0.2) is 0 Å². The van der Waals surface area contributed by atoms with Crippen LogP contribution in [0.2, 0.25) is 0 Å². The summed E-state index contributed by atoms with van der Waals surface area (Å²) in [5.41, 5.74) is 1.12. The highest BCUT2D eigenvalue weighted by atomic mass is 32.1. The van der Waals surface area contributed by atoms with E-state index in [0.29, 0.717) is 5.92 Å². The van der Waals surface area contributed by atoms with Crippen molar-refractivity contribution >= 4 is 17.3 Å². The van der Waals surface area contributed by atoms with Crippen LogP contribution in [0.25, 0.3) is 0 Å². The maximum Gasteiger partial charge on any atom is 0.304 e. The highest BCUT2D eigenvalue weighted by Crippen LogP contribution is 2.30. The highest BCUT2D eigenvalue weighted by Gasteiger charge is 2.20. The molecule has 17 heavy (non-hydrogen) atoms. The predicted octanol–water partition coefficient (Wildman–Crippen LogP) is 2.62. The first kappa shape index (κ1) is 12.5. The van der Waals surface area contributed by atoms with Crippen molar-refractivity contribution in [2.24, 2.45) is 0 Å². The minimum absolute atomic E-state index is 0.00564. The van der Waals surface area contributed by atoms with E-state index in [9.17, 15) is 4.79 Å². The Bertz CT molecular complexity index is 385. The summed E-state index contributed by atoms with van der Waals surface area (Å²) in [5, 5.41) is 11.8. The third-order valence-electron chi connectivity index (χ3n) is 3.08. The minimum Gasteiger partial charge on any atom is -0.481 e. The molecule has 0 aromatic carbocycles. The first-order valence-electron chi connectivity index (χ1n) is 5.91. The standard InChI is InChI=1S/C12H17NO3S/c1-8(6-11(14)15)12-13-10(7-17-12)9-2-4-16-5-3-9/h7-9H,2-6H2,1H3,(H,14,15). The van der Waals surface area contributed by atoms with E-state index in [4.69, 9.17) is 9.84 Å². The van der Waals surface area contributed by atoms with Crippen LogP contribution in [0.4, 0.5) is 0 Å². The van der Waals surface area contributed by atoms with Crippen molar-refractivity contribution in [3.05, 3.63) is 16.1 Å². The lowest BCUT2D eigenvalue weighted by Gasteiger charge is -2.20. The third-order valence-corrected chi connectivity index (χ3v) is 4.18. The maximum absolute atomic E-state index is 10.7. The zero-order valence-electron chi connectivity index (χ0n) is 9.89. The van der Waals surface area contributed by atoms with Crippen LogP contribution >= 0.6 is 11.3 Å². The van der Waals surface area contributed by atoms with Gasteiger partial charge in [0.1, 0.15) is 0 Å². The number of carboxylic acids is 1. The number of carbonyl (C=O) groups is 1. The van der Waals surface area contributed by atoms with Crippen LogP contribution in [0.3, 0.4) is 0 Å². The number of aliphatic carboxylic acids is 1. The zero-order valence-corrected chi connectivity index (χ0v) is 10.7. The molecule has 1 fully saturated rings. The van der Waals surface area contributed by atoms with Crippen LogP contribution in [0.1, 0.15) is 48.7 Å². The maximum atomic E-state index is 10.7. The molecule has 1 aliphatic heterocycles. The molecule has 1 saturated heterocycles. The first-order chi connectivity index (χ1) is 8.16. The normalized spacial score (nSPS) is 19.1. The van der Waals surface area contributed by atoms with Gasteiger partial charge in [0.25, 0.3) is 0 Å². The van der Waals surface area contributed by atoms with Gasteiger partial charge in [-0.2, -0.15) is 0 Å². The molecule has 4 nitrogen and oxygen atoms in total.